The van der Waals surface area contributed by atoms with Crippen LogP contribution in [0.4, 0.5) is 0 Å². The van der Waals surface area contributed by atoms with E-state index in [-0.39, 0.29) is 34.6 Å². The molecule has 0 radical (unpaired) electrons. The molecule has 0 aromatic heterocycles. The van der Waals surface area contributed by atoms with Crippen LogP contribution in [0.3, 0.4) is 0 Å². The summed E-state index contributed by atoms with van der Waals surface area (Å²) in [5.74, 6) is -0.638. The van der Waals surface area contributed by atoms with Crippen LogP contribution in [0.1, 0.15) is 37.6 Å². The molecular formula is C16H22N2O3S. The van der Waals surface area contributed by atoms with E-state index in [0.717, 1.165) is 0 Å². The third-order valence-electron chi connectivity index (χ3n) is 3.31. The molecule has 0 aliphatic carbocycles. The summed E-state index contributed by atoms with van der Waals surface area (Å²) in [6.45, 7) is 6.04. The molecule has 0 spiro atoms. The number of benzene rings is 1. The molecule has 0 heterocycles. The molecule has 5 nitrogen and oxygen atoms in total. The molecule has 0 saturated carbocycles. The van der Waals surface area contributed by atoms with E-state index >= 15 is 0 Å². The van der Waals surface area contributed by atoms with E-state index in [4.69, 9.17) is 5.26 Å². The number of hydrogen-bond acceptors (Lipinski definition) is 4. The van der Waals surface area contributed by atoms with Gasteiger partial charge in [0.2, 0.25) is 0 Å². The van der Waals surface area contributed by atoms with Crippen LogP contribution in [0, 0.1) is 17.2 Å². The lowest BCUT2D eigenvalue weighted by atomic mass is 10.1. The predicted octanol–water partition coefficient (Wildman–Crippen LogP) is 2.49. The molecular weight excluding hydrogens is 300 g/mol. The van der Waals surface area contributed by atoms with Crippen molar-refractivity contribution in [2.45, 2.75) is 32.1 Å². The summed E-state index contributed by atoms with van der Waals surface area (Å²) in [6, 6.07) is 8.36. The second kappa shape index (κ2) is 7.95. The SMILES string of the molecule is CCCS(=O)(=O)c1ccccc1C(=O)N(CC)C[C@H](C)C#N. The van der Waals surface area contributed by atoms with E-state index < -0.39 is 9.84 Å². The summed E-state index contributed by atoms with van der Waals surface area (Å²) in [6.07, 6.45) is 0.494. The predicted molar refractivity (Wildman–Crippen MR) is 85.1 cm³/mol. The summed E-state index contributed by atoms with van der Waals surface area (Å²) < 4.78 is 24.6. The van der Waals surface area contributed by atoms with Crippen LogP contribution < -0.4 is 0 Å². The molecule has 0 aliphatic heterocycles. The quantitative estimate of drug-likeness (QED) is 0.772. The zero-order valence-electron chi connectivity index (χ0n) is 13.2. The molecule has 0 unspecified atom stereocenters. The van der Waals surface area contributed by atoms with Crippen LogP contribution in [0.25, 0.3) is 0 Å². The van der Waals surface area contributed by atoms with E-state index in [1.807, 2.05) is 6.92 Å². The van der Waals surface area contributed by atoms with Crippen LogP contribution in [0.15, 0.2) is 29.2 Å². The maximum Gasteiger partial charge on any atom is 0.255 e. The summed E-state index contributed by atoms with van der Waals surface area (Å²) in [5.41, 5.74) is 0.183. The number of rotatable bonds is 7. The Hall–Kier alpha value is -1.87. The molecule has 0 bridgehead atoms. The standard InChI is InChI=1S/C16H22N2O3S/c1-4-10-22(20,21)15-9-7-6-8-14(15)16(19)18(5-2)12-13(3)11-17/h6-9,13H,4-5,10,12H2,1-3H3/t13-/m1/s1. The molecule has 120 valence electrons. The van der Waals surface area contributed by atoms with Crippen LogP contribution in [0.5, 0.6) is 0 Å². The van der Waals surface area contributed by atoms with Gasteiger partial charge in [-0.05, 0) is 32.4 Å². The molecule has 0 aliphatic rings. The van der Waals surface area contributed by atoms with Crippen molar-refractivity contribution in [1.29, 1.82) is 5.26 Å². The highest BCUT2D eigenvalue weighted by atomic mass is 32.2. The Kier molecular flexibility index (Phi) is 6.57. The summed E-state index contributed by atoms with van der Waals surface area (Å²) in [4.78, 5) is 14.2. The minimum absolute atomic E-state index is 0.0119. The second-order valence-electron chi connectivity index (χ2n) is 5.19. The lowest BCUT2D eigenvalue weighted by molar-refractivity contribution is 0.0749. The largest absolute Gasteiger partial charge is 0.338 e. The molecule has 22 heavy (non-hydrogen) atoms. The van der Waals surface area contributed by atoms with Gasteiger partial charge in [0.05, 0.1) is 28.2 Å². The molecule has 1 atom stereocenters. The number of nitriles is 1. The zero-order valence-corrected chi connectivity index (χ0v) is 14.1. The van der Waals surface area contributed by atoms with Crippen LogP contribution >= 0.6 is 0 Å². The molecule has 1 aromatic rings. The monoisotopic (exact) mass is 322 g/mol. The van der Waals surface area contributed by atoms with Gasteiger partial charge in [-0.1, -0.05) is 19.1 Å². The van der Waals surface area contributed by atoms with Crippen molar-refractivity contribution in [3.63, 3.8) is 0 Å². The zero-order chi connectivity index (χ0) is 16.8. The molecule has 1 rings (SSSR count). The van der Waals surface area contributed by atoms with Gasteiger partial charge in [-0.3, -0.25) is 4.79 Å². The lowest BCUT2D eigenvalue weighted by Gasteiger charge is -2.23. The third-order valence-corrected chi connectivity index (χ3v) is 5.28. The first-order valence-corrected chi connectivity index (χ1v) is 9.03. The fourth-order valence-corrected chi connectivity index (χ4v) is 3.72. The van der Waals surface area contributed by atoms with Gasteiger partial charge in [-0.2, -0.15) is 5.26 Å². The van der Waals surface area contributed by atoms with Crippen LogP contribution in [-0.2, 0) is 9.84 Å². The van der Waals surface area contributed by atoms with Crippen molar-refractivity contribution < 1.29 is 13.2 Å². The Morgan fingerprint density at radius 2 is 1.95 bits per heavy atom. The highest BCUT2D eigenvalue weighted by Gasteiger charge is 2.24. The fourth-order valence-electron chi connectivity index (χ4n) is 2.19. The Bertz CT molecular complexity index is 662. The maximum absolute atomic E-state index is 12.7. The van der Waals surface area contributed by atoms with Gasteiger partial charge in [0.1, 0.15) is 0 Å². The Morgan fingerprint density at radius 1 is 1.32 bits per heavy atom. The van der Waals surface area contributed by atoms with Gasteiger partial charge in [0, 0.05) is 13.1 Å². The highest BCUT2D eigenvalue weighted by Crippen LogP contribution is 2.20. The molecule has 0 saturated heterocycles. The third kappa shape index (κ3) is 4.31. The summed E-state index contributed by atoms with van der Waals surface area (Å²) in [5, 5.41) is 8.90. The smallest absolute Gasteiger partial charge is 0.255 e. The number of carbonyl (C=O) groups is 1. The van der Waals surface area contributed by atoms with Gasteiger partial charge in [-0.25, -0.2) is 8.42 Å². The van der Waals surface area contributed by atoms with Crippen molar-refractivity contribution in [2.75, 3.05) is 18.8 Å². The first-order chi connectivity index (χ1) is 10.4. The van der Waals surface area contributed by atoms with Gasteiger partial charge < -0.3 is 4.90 Å². The number of hydrogen-bond donors (Lipinski definition) is 0. The average Bonchev–Trinajstić information content (AvgIpc) is 2.51. The first kappa shape index (κ1) is 18.2. The average molecular weight is 322 g/mol. The Morgan fingerprint density at radius 3 is 2.50 bits per heavy atom. The van der Waals surface area contributed by atoms with Crippen molar-refractivity contribution in [3.05, 3.63) is 29.8 Å². The maximum atomic E-state index is 12.7. The molecule has 1 amide bonds. The van der Waals surface area contributed by atoms with E-state index in [9.17, 15) is 13.2 Å². The van der Waals surface area contributed by atoms with Crippen molar-refractivity contribution in [1.82, 2.24) is 4.90 Å². The van der Waals surface area contributed by atoms with E-state index in [2.05, 4.69) is 6.07 Å². The van der Waals surface area contributed by atoms with Crippen LogP contribution in [-0.4, -0.2) is 38.1 Å². The van der Waals surface area contributed by atoms with E-state index in [1.54, 1.807) is 26.0 Å². The first-order valence-electron chi connectivity index (χ1n) is 7.38. The number of sulfone groups is 1. The van der Waals surface area contributed by atoms with Gasteiger partial charge in [-0.15, -0.1) is 0 Å². The number of nitrogens with zero attached hydrogens (tertiary/aromatic N) is 2. The van der Waals surface area contributed by atoms with E-state index in [1.165, 1.54) is 17.0 Å². The van der Waals surface area contributed by atoms with Crippen molar-refractivity contribution in [3.8, 4) is 6.07 Å². The summed E-state index contributed by atoms with van der Waals surface area (Å²) >= 11 is 0. The Balaban J connectivity index is 3.21. The molecule has 6 heteroatoms. The fraction of sp³-hybridized carbons (Fsp3) is 0.500. The normalized spacial score (nSPS) is 12.5. The molecule has 0 N–H and O–H groups in total. The van der Waals surface area contributed by atoms with E-state index in [0.29, 0.717) is 13.0 Å². The van der Waals surface area contributed by atoms with Crippen molar-refractivity contribution >= 4 is 15.7 Å². The molecule has 0 fully saturated rings. The topological polar surface area (TPSA) is 78.2 Å². The van der Waals surface area contributed by atoms with Gasteiger partial charge in [0.25, 0.3) is 5.91 Å². The minimum Gasteiger partial charge on any atom is -0.338 e. The number of carbonyl (C=O) groups excluding carboxylic acids is 1. The van der Waals surface area contributed by atoms with Gasteiger partial charge in [0.15, 0.2) is 9.84 Å². The van der Waals surface area contributed by atoms with Gasteiger partial charge >= 0.3 is 0 Å². The second-order valence-corrected chi connectivity index (χ2v) is 7.27. The Labute approximate surface area is 132 Å². The molecule has 1 aromatic carbocycles. The number of amides is 1. The van der Waals surface area contributed by atoms with Crippen LogP contribution in [0.2, 0.25) is 0 Å². The summed E-state index contributed by atoms with van der Waals surface area (Å²) in [7, 11) is -3.47. The minimum atomic E-state index is -3.47. The highest BCUT2D eigenvalue weighted by molar-refractivity contribution is 7.91. The van der Waals surface area contributed by atoms with Crippen molar-refractivity contribution in [2.24, 2.45) is 5.92 Å². The lowest BCUT2D eigenvalue weighted by Crippen LogP contribution is -2.35.